The summed E-state index contributed by atoms with van der Waals surface area (Å²) in [7, 11) is 0. The van der Waals surface area contributed by atoms with Crippen molar-refractivity contribution in [3.63, 3.8) is 0 Å². The molecule has 0 bridgehead atoms. The summed E-state index contributed by atoms with van der Waals surface area (Å²) in [5.41, 5.74) is 1.22. The average Bonchev–Trinajstić information content (AvgIpc) is 2.20. The standard InChI is InChI=1S/C12H15IO/c1-4-9(3)10-7-6-8-11(13)12(10)14-5-2/h4,6-9H,1,5H2,2-3H3. The van der Waals surface area contributed by atoms with E-state index in [4.69, 9.17) is 4.74 Å². The zero-order chi connectivity index (χ0) is 10.6. The van der Waals surface area contributed by atoms with E-state index in [-0.39, 0.29) is 0 Å². The van der Waals surface area contributed by atoms with Crippen molar-refractivity contribution < 1.29 is 4.74 Å². The van der Waals surface area contributed by atoms with Gasteiger partial charge in [-0.1, -0.05) is 25.1 Å². The van der Waals surface area contributed by atoms with Gasteiger partial charge in [0.15, 0.2) is 0 Å². The summed E-state index contributed by atoms with van der Waals surface area (Å²) in [6.07, 6.45) is 1.94. The van der Waals surface area contributed by atoms with Gasteiger partial charge in [-0.05, 0) is 35.6 Å². The smallest absolute Gasteiger partial charge is 0.136 e. The Morgan fingerprint density at radius 3 is 2.86 bits per heavy atom. The van der Waals surface area contributed by atoms with Crippen LogP contribution in [0.5, 0.6) is 5.75 Å². The molecule has 76 valence electrons. The van der Waals surface area contributed by atoms with Crippen LogP contribution in [0.3, 0.4) is 0 Å². The minimum Gasteiger partial charge on any atom is -0.492 e. The molecule has 0 saturated heterocycles. The summed E-state index contributed by atoms with van der Waals surface area (Å²) >= 11 is 2.30. The lowest BCUT2D eigenvalue weighted by Gasteiger charge is -2.14. The van der Waals surface area contributed by atoms with Gasteiger partial charge >= 0.3 is 0 Å². The molecule has 0 aliphatic rings. The van der Waals surface area contributed by atoms with Gasteiger partial charge in [0.25, 0.3) is 0 Å². The van der Waals surface area contributed by atoms with Crippen LogP contribution in [0.15, 0.2) is 30.9 Å². The third-order valence-corrected chi connectivity index (χ3v) is 2.98. The molecule has 0 aromatic heterocycles. The topological polar surface area (TPSA) is 9.23 Å². The van der Waals surface area contributed by atoms with Gasteiger partial charge in [0, 0.05) is 11.5 Å². The fourth-order valence-electron chi connectivity index (χ4n) is 1.31. The lowest BCUT2D eigenvalue weighted by molar-refractivity contribution is 0.333. The first-order valence-electron chi connectivity index (χ1n) is 4.74. The van der Waals surface area contributed by atoms with E-state index in [1.165, 1.54) is 5.56 Å². The minimum absolute atomic E-state index is 0.339. The van der Waals surface area contributed by atoms with Gasteiger partial charge in [-0.2, -0.15) is 0 Å². The summed E-state index contributed by atoms with van der Waals surface area (Å²) in [6, 6.07) is 6.21. The fraction of sp³-hybridized carbons (Fsp3) is 0.333. The van der Waals surface area contributed by atoms with E-state index in [0.29, 0.717) is 12.5 Å². The molecule has 0 heterocycles. The van der Waals surface area contributed by atoms with Gasteiger partial charge in [0.1, 0.15) is 5.75 Å². The van der Waals surface area contributed by atoms with Crippen molar-refractivity contribution in [2.45, 2.75) is 19.8 Å². The molecular formula is C12H15IO. The van der Waals surface area contributed by atoms with Crippen LogP contribution in [-0.4, -0.2) is 6.61 Å². The van der Waals surface area contributed by atoms with E-state index in [1.807, 2.05) is 13.0 Å². The number of rotatable bonds is 4. The highest BCUT2D eigenvalue weighted by Gasteiger charge is 2.11. The molecule has 0 N–H and O–H groups in total. The van der Waals surface area contributed by atoms with E-state index in [0.717, 1.165) is 9.32 Å². The summed E-state index contributed by atoms with van der Waals surface area (Å²) < 4.78 is 6.80. The first-order valence-corrected chi connectivity index (χ1v) is 5.82. The van der Waals surface area contributed by atoms with Crippen LogP contribution in [0.4, 0.5) is 0 Å². The second-order valence-electron chi connectivity index (χ2n) is 3.12. The van der Waals surface area contributed by atoms with Crippen LogP contribution >= 0.6 is 22.6 Å². The maximum atomic E-state index is 5.64. The molecule has 0 aliphatic heterocycles. The van der Waals surface area contributed by atoms with E-state index in [1.54, 1.807) is 0 Å². The zero-order valence-electron chi connectivity index (χ0n) is 8.59. The Bertz CT molecular complexity index is 320. The summed E-state index contributed by atoms with van der Waals surface area (Å²) in [5.74, 6) is 1.34. The average molecular weight is 302 g/mol. The first-order chi connectivity index (χ1) is 6.70. The van der Waals surface area contributed by atoms with Crippen LogP contribution in [0, 0.1) is 3.57 Å². The molecule has 1 rings (SSSR count). The van der Waals surface area contributed by atoms with Crippen molar-refractivity contribution in [1.82, 2.24) is 0 Å². The van der Waals surface area contributed by atoms with Crippen LogP contribution in [0.2, 0.25) is 0 Å². The molecule has 0 fully saturated rings. The highest BCUT2D eigenvalue weighted by molar-refractivity contribution is 14.1. The lowest BCUT2D eigenvalue weighted by Crippen LogP contribution is -2.00. The van der Waals surface area contributed by atoms with Crippen molar-refractivity contribution in [3.8, 4) is 5.75 Å². The zero-order valence-corrected chi connectivity index (χ0v) is 10.7. The molecule has 0 radical (unpaired) electrons. The molecule has 0 aliphatic carbocycles. The second-order valence-corrected chi connectivity index (χ2v) is 4.28. The molecule has 1 atom stereocenters. The number of para-hydroxylation sites is 1. The number of hydrogen-bond donors (Lipinski definition) is 0. The molecule has 1 aromatic carbocycles. The summed E-state index contributed by atoms with van der Waals surface area (Å²) in [5, 5.41) is 0. The Hall–Kier alpha value is -0.510. The molecule has 0 amide bonds. The van der Waals surface area contributed by atoms with Crippen molar-refractivity contribution in [2.24, 2.45) is 0 Å². The van der Waals surface area contributed by atoms with Crippen molar-refractivity contribution in [2.75, 3.05) is 6.61 Å². The molecule has 14 heavy (non-hydrogen) atoms. The molecule has 0 saturated carbocycles. The first kappa shape index (κ1) is 11.6. The predicted octanol–water partition coefficient (Wildman–Crippen LogP) is 3.98. The molecule has 1 aromatic rings. The number of hydrogen-bond acceptors (Lipinski definition) is 1. The van der Waals surface area contributed by atoms with Crippen LogP contribution in [0.1, 0.15) is 25.3 Å². The van der Waals surface area contributed by atoms with Crippen molar-refractivity contribution in [1.29, 1.82) is 0 Å². The van der Waals surface area contributed by atoms with E-state index in [9.17, 15) is 0 Å². The SMILES string of the molecule is C=CC(C)c1cccc(I)c1OCC. The Balaban J connectivity index is 3.13. The number of allylic oxidation sites excluding steroid dienone is 1. The second kappa shape index (κ2) is 5.39. The van der Waals surface area contributed by atoms with Crippen molar-refractivity contribution in [3.05, 3.63) is 40.0 Å². The quantitative estimate of drug-likeness (QED) is 0.604. The normalized spacial score (nSPS) is 12.2. The minimum atomic E-state index is 0.339. The largest absolute Gasteiger partial charge is 0.492 e. The Morgan fingerprint density at radius 2 is 2.29 bits per heavy atom. The molecule has 1 unspecified atom stereocenters. The Morgan fingerprint density at radius 1 is 1.57 bits per heavy atom. The Kier molecular flexibility index (Phi) is 4.45. The number of halogens is 1. The van der Waals surface area contributed by atoms with E-state index < -0.39 is 0 Å². The third kappa shape index (κ3) is 2.50. The third-order valence-electron chi connectivity index (χ3n) is 2.13. The van der Waals surface area contributed by atoms with Crippen molar-refractivity contribution >= 4 is 22.6 Å². The van der Waals surface area contributed by atoms with Gasteiger partial charge in [-0.3, -0.25) is 0 Å². The molecular weight excluding hydrogens is 287 g/mol. The highest BCUT2D eigenvalue weighted by atomic mass is 127. The van der Waals surface area contributed by atoms with Gasteiger partial charge in [0.2, 0.25) is 0 Å². The molecule has 1 nitrogen and oxygen atoms in total. The van der Waals surface area contributed by atoms with E-state index >= 15 is 0 Å². The maximum Gasteiger partial charge on any atom is 0.136 e. The maximum absolute atomic E-state index is 5.64. The number of ether oxygens (including phenoxy) is 1. The Labute approximate surface area is 99.3 Å². The van der Waals surface area contributed by atoms with E-state index in [2.05, 4.69) is 54.3 Å². The van der Waals surface area contributed by atoms with Gasteiger partial charge in [-0.25, -0.2) is 0 Å². The fourth-order valence-corrected chi connectivity index (χ4v) is 1.98. The molecule has 0 spiro atoms. The van der Waals surface area contributed by atoms with Crippen LogP contribution in [0.25, 0.3) is 0 Å². The van der Waals surface area contributed by atoms with Gasteiger partial charge in [-0.15, -0.1) is 6.58 Å². The van der Waals surface area contributed by atoms with Gasteiger partial charge in [0.05, 0.1) is 10.2 Å². The molecule has 2 heteroatoms. The summed E-state index contributed by atoms with van der Waals surface area (Å²) in [6.45, 7) is 8.65. The summed E-state index contributed by atoms with van der Waals surface area (Å²) in [4.78, 5) is 0. The monoisotopic (exact) mass is 302 g/mol. The van der Waals surface area contributed by atoms with Crippen LogP contribution in [-0.2, 0) is 0 Å². The van der Waals surface area contributed by atoms with Gasteiger partial charge < -0.3 is 4.74 Å². The number of benzene rings is 1. The highest BCUT2D eigenvalue weighted by Crippen LogP contribution is 2.31. The lowest BCUT2D eigenvalue weighted by atomic mass is 10.0. The predicted molar refractivity (Wildman–Crippen MR) is 68.9 cm³/mol. The van der Waals surface area contributed by atoms with Crippen LogP contribution < -0.4 is 4.74 Å².